The molecule has 0 saturated carbocycles. The van der Waals surface area contributed by atoms with Crippen LogP contribution in [0.3, 0.4) is 0 Å². The van der Waals surface area contributed by atoms with Crippen LogP contribution in [0.25, 0.3) is 11.5 Å². The molecule has 11 heteroatoms. The topological polar surface area (TPSA) is 136 Å². The molecule has 0 bridgehead atoms. The summed E-state index contributed by atoms with van der Waals surface area (Å²) in [5.41, 5.74) is 0.711. The molecule has 1 heterocycles. The molecule has 2 aromatic carbocycles. The number of hydrogen-bond donors (Lipinski definition) is 1. The molecule has 0 spiro atoms. The number of sulfone groups is 2. The lowest BCUT2D eigenvalue weighted by molar-refractivity contribution is 0.102. The third-order valence-electron chi connectivity index (χ3n) is 4.55. The van der Waals surface area contributed by atoms with E-state index in [4.69, 9.17) is 4.42 Å². The first kappa shape index (κ1) is 22.6. The van der Waals surface area contributed by atoms with Gasteiger partial charge in [-0.15, -0.1) is 5.10 Å². The summed E-state index contributed by atoms with van der Waals surface area (Å²) < 4.78 is 53.5. The smallest absolute Gasteiger partial charge is 0.322 e. The Morgan fingerprint density at radius 1 is 0.935 bits per heavy atom. The van der Waals surface area contributed by atoms with E-state index >= 15 is 0 Å². The van der Waals surface area contributed by atoms with E-state index in [2.05, 4.69) is 15.5 Å². The molecule has 9 nitrogen and oxygen atoms in total. The van der Waals surface area contributed by atoms with Crippen LogP contribution in [0.1, 0.15) is 31.1 Å². The van der Waals surface area contributed by atoms with E-state index in [0.29, 0.717) is 5.56 Å². The second-order valence-corrected chi connectivity index (χ2v) is 11.7. The van der Waals surface area contributed by atoms with Crippen LogP contribution in [0.5, 0.6) is 0 Å². The van der Waals surface area contributed by atoms with Crippen molar-refractivity contribution in [1.29, 1.82) is 0 Å². The average molecular weight is 464 g/mol. The Kier molecular flexibility index (Phi) is 6.27. The van der Waals surface area contributed by atoms with Gasteiger partial charge in [-0.2, -0.15) is 0 Å². The number of carbonyl (C=O) groups is 1. The molecule has 0 aliphatic rings. The first-order valence-electron chi connectivity index (χ1n) is 9.36. The SMILES string of the molecule is CCS(=O)(=O)c1ccc(C(=O)Nc2nnc(-c3ccc(S(=O)(=O)C(C)C)cc3)o2)cc1. The van der Waals surface area contributed by atoms with Crippen LogP contribution in [-0.4, -0.2) is 43.9 Å². The summed E-state index contributed by atoms with van der Waals surface area (Å²) in [5.74, 6) is -0.476. The van der Waals surface area contributed by atoms with Gasteiger partial charge in [0.1, 0.15) is 0 Å². The van der Waals surface area contributed by atoms with E-state index in [1.54, 1.807) is 32.9 Å². The maximum atomic E-state index is 12.4. The Morgan fingerprint density at radius 3 is 2.06 bits per heavy atom. The fourth-order valence-corrected chi connectivity index (χ4v) is 4.54. The lowest BCUT2D eigenvalue weighted by Crippen LogP contribution is -2.13. The number of benzene rings is 2. The highest BCUT2D eigenvalue weighted by Crippen LogP contribution is 2.24. The van der Waals surface area contributed by atoms with Gasteiger partial charge < -0.3 is 4.42 Å². The van der Waals surface area contributed by atoms with E-state index in [1.165, 1.54) is 36.4 Å². The highest BCUT2D eigenvalue weighted by atomic mass is 32.2. The van der Waals surface area contributed by atoms with Gasteiger partial charge in [0.15, 0.2) is 19.7 Å². The summed E-state index contributed by atoms with van der Waals surface area (Å²) in [6.07, 6.45) is 0. The number of nitrogens with zero attached hydrogens (tertiary/aromatic N) is 2. The van der Waals surface area contributed by atoms with Crippen LogP contribution in [0.15, 0.2) is 62.7 Å². The maximum absolute atomic E-state index is 12.4. The first-order chi connectivity index (χ1) is 14.5. The monoisotopic (exact) mass is 463 g/mol. The zero-order chi connectivity index (χ0) is 22.8. The van der Waals surface area contributed by atoms with Gasteiger partial charge in [-0.3, -0.25) is 10.1 Å². The fraction of sp³-hybridized carbons (Fsp3) is 0.250. The quantitative estimate of drug-likeness (QED) is 0.565. The Morgan fingerprint density at radius 2 is 1.52 bits per heavy atom. The second kappa shape index (κ2) is 8.60. The van der Waals surface area contributed by atoms with Crippen LogP contribution in [-0.2, 0) is 19.7 Å². The maximum Gasteiger partial charge on any atom is 0.322 e. The van der Waals surface area contributed by atoms with Gasteiger partial charge in [0, 0.05) is 11.1 Å². The van der Waals surface area contributed by atoms with Crippen molar-refractivity contribution in [3.8, 4) is 11.5 Å². The minimum atomic E-state index is -3.39. The van der Waals surface area contributed by atoms with Crippen molar-refractivity contribution in [2.45, 2.75) is 35.8 Å². The molecule has 1 amide bonds. The van der Waals surface area contributed by atoms with E-state index in [1.807, 2.05) is 0 Å². The van der Waals surface area contributed by atoms with Crippen molar-refractivity contribution >= 4 is 31.6 Å². The molecule has 1 aromatic heterocycles. The van der Waals surface area contributed by atoms with Crippen molar-refractivity contribution in [1.82, 2.24) is 10.2 Å². The van der Waals surface area contributed by atoms with Crippen molar-refractivity contribution < 1.29 is 26.0 Å². The van der Waals surface area contributed by atoms with Gasteiger partial charge in [-0.05, 0) is 62.4 Å². The number of nitrogens with one attached hydrogen (secondary N) is 1. The number of amides is 1. The summed E-state index contributed by atoms with van der Waals surface area (Å²) >= 11 is 0. The Balaban J connectivity index is 1.73. The molecule has 0 unspecified atom stereocenters. The molecule has 0 saturated heterocycles. The van der Waals surface area contributed by atoms with Crippen LogP contribution >= 0.6 is 0 Å². The molecule has 164 valence electrons. The predicted molar refractivity (Wildman–Crippen MR) is 114 cm³/mol. The van der Waals surface area contributed by atoms with Crippen LogP contribution in [0.4, 0.5) is 6.01 Å². The standard InChI is InChI=1S/C20H21N3O6S2/c1-4-30(25,26)16-9-5-14(6-10-16)18(24)21-20-23-22-19(29-20)15-7-11-17(12-8-15)31(27,28)13(2)3/h5-13H,4H2,1-3H3,(H,21,23,24). The van der Waals surface area contributed by atoms with Crippen LogP contribution in [0, 0.1) is 0 Å². The third-order valence-corrected chi connectivity index (χ3v) is 8.47. The molecule has 0 fully saturated rings. The number of carbonyl (C=O) groups excluding carboxylic acids is 1. The molecule has 0 atom stereocenters. The lowest BCUT2D eigenvalue weighted by atomic mass is 10.2. The summed E-state index contributed by atoms with van der Waals surface area (Å²) in [7, 11) is -6.75. The van der Waals surface area contributed by atoms with Gasteiger partial charge in [0.05, 0.1) is 20.8 Å². The molecule has 0 aliphatic heterocycles. The highest BCUT2D eigenvalue weighted by Gasteiger charge is 2.20. The van der Waals surface area contributed by atoms with Gasteiger partial charge in [-0.1, -0.05) is 12.0 Å². The van der Waals surface area contributed by atoms with Gasteiger partial charge in [0.25, 0.3) is 5.91 Å². The average Bonchev–Trinajstić information content (AvgIpc) is 3.22. The molecule has 3 aromatic rings. The normalized spacial score (nSPS) is 12.1. The molecule has 3 rings (SSSR count). The largest absolute Gasteiger partial charge is 0.403 e. The molecular weight excluding hydrogens is 442 g/mol. The van der Waals surface area contributed by atoms with Gasteiger partial charge >= 0.3 is 6.01 Å². The number of aromatic nitrogens is 2. The minimum absolute atomic E-state index is 0.0340. The lowest BCUT2D eigenvalue weighted by Gasteiger charge is -2.07. The Bertz CT molecular complexity index is 1290. The van der Waals surface area contributed by atoms with Crippen molar-refractivity contribution in [2.24, 2.45) is 0 Å². The third kappa shape index (κ3) is 4.83. The number of rotatable bonds is 7. The van der Waals surface area contributed by atoms with E-state index in [-0.39, 0.29) is 33.0 Å². The summed E-state index contributed by atoms with van der Waals surface area (Å²) in [5, 5.41) is 9.53. The van der Waals surface area contributed by atoms with Crippen molar-refractivity contribution in [3.63, 3.8) is 0 Å². The second-order valence-electron chi connectivity index (χ2n) is 6.91. The molecule has 0 aliphatic carbocycles. The van der Waals surface area contributed by atoms with Crippen LogP contribution in [0.2, 0.25) is 0 Å². The zero-order valence-electron chi connectivity index (χ0n) is 17.1. The van der Waals surface area contributed by atoms with Crippen molar-refractivity contribution in [3.05, 3.63) is 54.1 Å². The molecular formula is C20H21N3O6S2. The first-order valence-corrected chi connectivity index (χ1v) is 12.6. The van der Waals surface area contributed by atoms with Crippen molar-refractivity contribution in [2.75, 3.05) is 11.1 Å². The molecule has 31 heavy (non-hydrogen) atoms. The van der Waals surface area contributed by atoms with Gasteiger partial charge in [-0.25, -0.2) is 16.8 Å². The molecule has 1 N–H and O–H groups in total. The van der Waals surface area contributed by atoms with Crippen LogP contribution < -0.4 is 5.32 Å². The summed E-state index contributed by atoms with van der Waals surface area (Å²) in [6.45, 7) is 4.75. The van der Waals surface area contributed by atoms with E-state index in [9.17, 15) is 21.6 Å². The van der Waals surface area contributed by atoms with Gasteiger partial charge in [0.2, 0.25) is 5.89 Å². The number of anilines is 1. The minimum Gasteiger partial charge on any atom is -0.403 e. The predicted octanol–water partition coefficient (Wildman–Crippen LogP) is 2.96. The Labute approximate surface area is 180 Å². The number of hydrogen-bond acceptors (Lipinski definition) is 8. The zero-order valence-corrected chi connectivity index (χ0v) is 18.7. The molecule has 0 radical (unpaired) electrons. The van der Waals surface area contributed by atoms with E-state index < -0.39 is 30.8 Å². The fourth-order valence-electron chi connectivity index (χ4n) is 2.60. The van der Waals surface area contributed by atoms with E-state index in [0.717, 1.165) is 0 Å². The Hall–Kier alpha value is -3.05. The summed E-state index contributed by atoms with van der Waals surface area (Å²) in [4.78, 5) is 12.7. The summed E-state index contributed by atoms with van der Waals surface area (Å²) in [6, 6.07) is 11.4. The highest BCUT2D eigenvalue weighted by molar-refractivity contribution is 7.92.